The second-order valence-corrected chi connectivity index (χ2v) is 5.39. The standard InChI is InChI=1S/C13H24N2/c1-10(2)6-13-7-14-15(9-13)8-12(5)11(3)4/h7,9-12H,6,8H2,1-5H3/t12-/m1/s1. The molecule has 0 N–H and O–H groups in total. The molecule has 0 saturated heterocycles. The van der Waals surface area contributed by atoms with Crippen LogP contribution in [0.4, 0.5) is 0 Å². The van der Waals surface area contributed by atoms with Crippen LogP contribution >= 0.6 is 0 Å². The molecule has 1 aromatic heterocycles. The van der Waals surface area contributed by atoms with Crippen molar-refractivity contribution in [1.82, 2.24) is 9.78 Å². The monoisotopic (exact) mass is 208 g/mol. The van der Waals surface area contributed by atoms with E-state index < -0.39 is 0 Å². The molecule has 2 nitrogen and oxygen atoms in total. The average Bonchev–Trinajstić information content (AvgIpc) is 2.51. The van der Waals surface area contributed by atoms with E-state index in [-0.39, 0.29) is 0 Å². The number of rotatable bonds is 5. The Kier molecular flexibility index (Phi) is 4.37. The highest BCUT2D eigenvalue weighted by molar-refractivity contribution is 5.04. The van der Waals surface area contributed by atoms with Crippen LogP contribution in [0.1, 0.15) is 40.2 Å². The molecule has 1 heterocycles. The molecule has 0 aliphatic heterocycles. The molecule has 0 bridgehead atoms. The summed E-state index contributed by atoms with van der Waals surface area (Å²) in [6.07, 6.45) is 5.34. The van der Waals surface area contributed by atoms with Gasteiger partial charge in [-0.1, -0.05) is 34.6 Å². The predicted molar refractivity (Wildman–Crippen MR) is 64.8 cm³/mol. The van der Waals surface area contributed by atoms with Gasteiger partial charge in [-0.2, -0.15) is 5.10 Å². The normalized spacial score (nSPS) is 13.8. The van der Waals surface area contributed by atoms with E-state index in [1.807, 2.05) is 6.20 Å². The summed E-state index contributed by atoms with van der Waals surface area (Å²) in [5, 5.41) is 4.41. The van der Waals surface area contributed by atoms with Gasteiger partial charge < -0.3 is 0 Å². The minimum absolute atomic E-state index is 0.691. The molecule has 0 aliphatic rings. The van der Waals surface area contributed by atoms with Crippen molar-refractivity contribution in [2.45, 2.75) is 47.6 Å². The summed E-state index contributed by atoms with van der Waals surface area (Å²) in [6, 6.07) is 0. The van der Waals surface area contributed by atoms with Crippen molar-refractivity contribution in [2.75, 3.05) is 0 Å². The maximum absolute atomic E-state index is 4.41. The van der Waals surface area contributed by atoms with Gasteiger partial charge in [0.15, 0.2) is 0 Å². The van der Waals surface area contributed by atoms with Crippen molar-refractivity contribution in [2.24, 2.45) is 17.8 Å². The fraction of sp³-hybridized carbons (Fsp3) is 0.769. The highest BCUT2D eigenvalue weighted by Crippen LogP contribution is 2.13. The maximum Gasteiger partial charge on any atom is 0.0521 e. The molecule has 0 spiro atoms. The average molecular weight is 208 g/mol. The van der Waals surface area contributed by atoms with Crippen molar-refractivity contribution in [3.05, 3.63) is 18.0 Å². The molecule has 0 unspecified atom stereocenters. The highest BCUT2D eigenvalue weighted by atomic mass is 15.3. The molecular formula is C13H24N2. The van der Waals surface area contributed by atoms with Crippen molar-refractivity contribution in [1.29, 1.82) is 0 Å². The van der Waals surface area contributed by atoms with E-state index in [0.29, 0.717) is 11.8 Å². The zero-order valence-electron chi connectivity index (χ0n) is 10.7. The minimum atomic E-state index is 0.691. The summed E-state index contributed by atoms with van der Waals surface area (Å²) >= 11 is 0. The topological polar surface area (TPSA) is 17.8 Å². The third-order valence-corrected chi connectivity index (χ3v) is 2.94. The third kappa shape index (κ3) is 4.06. The quantitative estimate of drug-likeness (QED) is 0.725. The largest absolute Gasteiger partial charge is 0.272 e. The van der Waals surface area contributed by atoms with Crippen LogP contribution in [0.2, 0.25) is 0 Å². The summed E-state index contributed by atoms with van der Waals surface area (Å²) in [5.74, 6) is 2.13. The highest BCUT2D eigenvalue weighted by Gasteiger charge is 2.09. The van der Waals surface area contributed by atoms with Crippen LogP contribution in [0, 0.1) is 17.8 Å². The van der Waals surface area contributed by atoms with Gasteiger partial charge in [-0.25, -0.2) is 0 Å². The molecule has 0 aliphatic carbocycles. The first kappa shape index (κ1) is 12.3. The van der Waals surface area contributed by atoms with Crippen molar-refractivity contribution >= 4 is 0 Å². The van der Waals surface area contributed by atoms with Gasteiger partial charge in [0.1, 0.15) is 0 Å². The summed E-state index contributed by atoms with van der Waals surface area (Å²) in [7, 11) is 0. The molecular weight excluding hydrogens is 184 g/mol. The van der Waals surface area contributed by atoms with Gasteiger partial charge in [-0.05, 0) is 29.7 Å². The van der Waals surface area contributed by atoms with E-state index in [4.69, 9.17) is 0 Å². The Balaban J connectivity index is 2.53. The lowest BCUT2D eigenvalue weighted by atomic mass is 9.98. The number of hydrogen-bond acceptors (Lipinski definition) is 1. The number of aromatic nitrogens is 2. The van der Waals surface area contributed by atoms with E-state index in [1.54, 1.807) is 0 Å². The lowest BCUT2D eigenvalue weighted by Crippen LogP contribution is -2.13. The SMILES string of the molecule is CC(C)Cc1cnn(C[C@@H](C)C(C)C)c1. The van der Waals surface area contributed by atoms with E-state index in [1.165, 1.54) is 5.56 Å². The molecule has 0 saturated carbocycles. The van der Waals surface area contributed by atoms with Gasteiger partial charge in [0.25, 0.3) is 0 Å². The summed E-state index contributed by atoms with van der Waals surface area (Å²) < 4.78 is 2.09. The Morgan fingerprint density at radius 3 is 2.40 bits per heavy atom. The Morgan fingerprint density at radius 1 is 1.20 bits per heavy atom. The van der Waals surface area contributed by atoms with E-state index in [9.17, 15) is 0 Å². The molecule has 15 heavy (non-hydrogen) atoms. The van der Waals surface area contributed by atoms with E-state index >= 15 is 0 Å². The van der Waals surface area contributed by atoms with Crippen molar-refractivity contribution in [3.8, 4) is 0 Å². The van der Waals surface area contributed by atoms with Crippen LogP contribution < -0.4 is 0 Å². The fourth-order valence-electron chi connectivity index (χ4n) is 1.59. The van der Waals surface area contributed by atoms with Gasteiger partial charge in [-0.3, -0.25) is 4.68 Å². The number of nitrogens with zero attached hydrogens (tertiary/aromatic N) is 2. The van der Waals surface area contributed by atoms with Gasteiger partial charge in [-0.15, -0.1) is 0 Å². The van der Waals surface area contributed by atoms with Crippen LogP contribution in [-0.2, 0) is 13.0 Å². The Hall–Kier alpha value is -0.790. The third-order valence-electron chi connectivity index (χ3n) is 2.94. The zero-order valence-corrected chi connectivity index (χ0v) is 10.7. The molecule has 0 amide bonds. The summed E-state index contributed by atoms with van der Waals surface area (Å²) in [6.45, 7) is 12.3. The lowest BCUT2D eigenvalue weighted by molar-refractivity contribution is 0.349. The summed E-state index contributed by atoms with van der Waals surface area (Å²) in [5.41, 5.74) is 1.36. The zero-order chi connectivity index (χ0) is 11.4. The Morgan fingerprint density at radius 2 is 1.87 bits per heavy atom. The van der Waals surface area contributed by atoms with Crippen LogP contribution in [0.15, 0.2) is 12.4 Å². The Labute approximate surface area is 93.7 Å². The lowest BCUT2D eigenvalue weighted by Gasteiger charge is -2.14. The minimum Gasteiger partial charge on any atom is -0.272 e. The second-order valence-electron chi connectivity index (χ2n) is 5.39. The van der Waals surface area contributed by atoms with E-state index in [0.717, 1.165) is 18.9 Å². The molecule has 1 atom stereocenters. The van der Waals surface area contributed by atoms with Crippen molar-refractivity contribution < 1.29 is 0 Å². The molecule has 2 heteroatoms. The molecule has 0 aromatic carbocycles. The smallest absolute Gasteiger partial charge is 0.0521 e. The van der Waals surface area contributed by atoms with Crippen LogP contribution in [-0.4, -0.2) is 9.78 Å². The summed E-state index contributed by atoms with van der Waals surface area (Å²) in [4.78, 5) is 0. The first-order valence-corrected chi connectivity index (χ1v) is 6.00. The van der Waals surface area contributed by atoms with Crippen LogP contribution in [0.25, 0.3) is 0 Å². The predicted octanol–water partition coefficient (Wildman–Crippen LogP) is 3.37. The second kappa shape index (κ2) is 5.34. The van der Waals surface area contributed by atoms with Gasteiger partial charge in [0.2, 0.25) is 0 Å². The molecule has 86 valence electrons. The number of hydrogen-bond donors (Lipinski definition) is 0. The molecule has 1 aromatic rings. The molecule has 1 rings (SSSR count). The Bertz CT molecular complexity index is 286. The van der Waals surface area contributed by atoms with Gasteiger partial charge >= 0.3 is 0 Å². The van der Waals surface area contributed by atoms with Gasteiger partial charge in [0, 0.05) is 12.7 Å². The van der Waals surface area contributed by atoms with Crippen LogP contribution in [0.5, 0.6) is 0 Å². The van der Waals surface area contributed by atoms with Gasteiger partial charge in [0.05, 0.1) is 6.20 Å². The van der Waals surface area contributed by atoms with Crippen LogP contribution in [0.3, 0.4) is 0 Å². The molecule has 0 radical (unpaired) electrons. The molecule has 0 fully saturated rings. The first-order chi connectivity index (χ1) is 6.99. The maximum atomic E-state index is 4.41. The van der Waals surface area contributed by atoms with E-state index in [2.05, 4.69) is 50.6 Å². The first-order valence-electron chi connectivity index (χ1n) is 6.00. The fourth-order valence-corrected chi connectivity index (χ4v) is 1.59. The van der Waals surface area contributed by atoms with Crippen molar-refractivity contribution in [3.63, 3.8) is 0 Å².